The Kier molecular flexibility index (Phi) is 3.79. The van der Waals surface area contributed by atoms with Gasteiger partial charge in [-0.15, -0.1) is 11.3 Å². The fraction of sp³-hybridized carbons (Fsp3) is 0.133. The molecule has 0 unspecified atom stereocenters. The Hall–Kier alpha value is -2.65. The van der Waals surface area contributed by atoms with Crippen LogP contribution in [0.15, 0.2) is 35.7 Å². The molecule has 9 heteroatoms. The zero-order valence-corrected chi connectivity index (χ0v) is 13.9. The Morgan fingerprint density at radius 1 is 1.38 bits per heavy atom. The number of ether oxygens (including phenoxy) is 2. The molecule has 0 aliphatic carbocycles. The van der Waals surface area contributed by atoms with Crippen LogP contribution in [0.25, 0.3) is 10.7 Å². The number of thiophene rings is 1. The number of amides is 1. The van der Waals surface area contributed by atoms with E-state index in [1.54, 1.807) is 22.8 Å². The quantitative estimate of drug-likeness (QED) is 0.699. The Balaban J connectivity index is 1.53. The van der Waals surface area contributed by atoms with Gasteiger partial charge in [0.15, 0.2) is 22.1 Å². The zero-order chi connectivity index (χ0) is 16.5. The average Bonchev–Trinajstić information content (AvgIpc) is 3.29. The molecular weight excluding hydrogens is 348 g/mol. The molecule has 1 amide bonds. The van der Waals surface area contributed by atoms with Crippen LogP contribution in [0.4, 0.5) is 5.69 Å². The maximum Gasteiger partial charge on any atom is 0.244 e. The van der Waals surface area contributed by atoms with Crippen molar-refractivity contribution in [3.8, 4) is 22.2 Å². The van der Waals surface area contributed by atoms with Crippen molar-refractivity contribution in [1.29, 1.82) is 0 Å². The van der Waals surface area contributed by atoms with Crippen LogP contribution in [-0.2, 0) is 11.3 Å². The minimum Gasteiger partial charge on any atom is -0.454 e. The summed E-state index contributed by atoms with van der Waals surface area (Å²) >= 11 is 6.76. The number of anilines is 1. The number of nitrogens with one attached hydrogen (secondary N) is 2. The van der Waals surface area contributed by atoms with E-state index >= 15 is 0 Å². The predicted octanol–water partition coefficient (Wildman–Crippen LogP) is 3.04. The van der Waals surface area contributed by atoms with E-state index in [-0.39, 0.29) is 19.2 Å². The van der Waals surface area contributed by atoms with Gasteiger partial charge in [0, 0.05) is 11.8 Å². The number of rotatable bonds is 4. The van der Waals surface area contributed by atoms with E-state index in [1.807, 2.05) is 17.5 Å². The highest BCUT2D eigenvalue weighted by Gasteiger charge is 2.16. The highest BCUT2D eigenvalue weighted by atomic mass is 32.1. The molecule has 122 valence electrons. The van der Waals surface area contributed by atoms with Gasteiger partial charge in [0.2, 0.25) is 12.7 Å². The number of nitrogens with zero attached hydrogens (tertiary/aromatic N) is 2. The second-order valence-corrected chi connectivity index (χ2v) is 6.37. The van der Waals surface area contributed by atoms with Crippen molar-refractivity contribution >= 4 is 35.1 Å². The number of fused-ring (bicyclic) bond motifs is 1. The number of aromatic amines is 1. The smallest absolute Gasteiger partial charge is 0.244 e. The molecule has 2 aromatic heterocycles. The second kappa shape index (κ2) is 6.10. The van der Waals surface area contributed by atoms with Gasteiger partial charge >= 0.3 is 0 Å². The number of carbonyl (C=O) groups is 1. The SMILES string of the molecule is O=C(Cn1c(-c2cccs2)n[nH]c1=S)Nc1ccc2c(c1)OCO2. The first-order chi connectivity index (χ1) is 11.7. The van der Waals surface area contributed by atoms with E-state index < -0.39 is 0 Å². The number of carbonyl (C=O) groups excluding carboxylic acids is 1. The average molecular weight is 360 g/mol. The van der Waals surface area contributed by atoms with Gasteiger partial charge in [-0.3, -0.25) is 14.5 Å². The van der Waals surface area contributed by atoms with Crippen molar-refractivity contribution in [2.75, 3.05) is 12.1 Å². The summed E-state index contributed by atoms with van der Waals surface area (Å²) in [5.41, 5.74) is 0.636. The molecule has 0 saturated carbocycles. The zero-order valence-electron chi connectivity index (χ0n) is 12.3. The Morgan fingerprint density at radius 2 is 2.25 bits per heavy atom. The molecule has 1 aromatic carbocycles. The van der Waals surface area contributed by atoms with Crippen LogP contribution < -0.4 is 14.8 Å². The van der Waals surface area contributed by atoms with E-state index in [1.165, 1.54) is 11.3 Å². The summed E-state index contributed by atoms with van der Waals surface area (Å²) < 4.78 is 12.6. The molecule has 1 aliphatic heterocycles. The van der Waals surface area contributed by atoms with E-state index in [0.717, 1.165) is 4.88 Å². The molecule has 1 aliphatic rings. The minimum absolute atomic E-state index is 0.0665. The molecule has 0 spiro atoms. The molecule has 0 atom stereocenters. The van der Waals surface area contributed by atoms with E-state index in [0.29, 0.717) is 27.8 Å². The molecule has 0 saturated heterocycles. The Bertz CT molecular complexity index is 946. The van der Waals surface area contributed by atoms with Crippen LogP contribution in [0.5, 0.6) is 11.5 Å². The predicted molar refractivity (Wildman–Crippen MR) is 91.9 cm³/mol. The standard InChI is InChI=1S/C15H12N4O3S2/c20-13(16-9-3-4-10-11(6-9)22-8-21-10)7-19-14(17-18-15(19)23)12-2-1-5-24-12/h1-6H,7-8H2,(H,16,20)(H,18,23). The third-order valence-electron chi connectivity index (χ3n) is 3.46. The van der Waals surface area contributed by atoms with Crippen molar-refractivity contribution < 1.29 is 14.3 Å². The lowest BCUT2D eigenvalue weighted by Crippen LogP contribution is -2.19. The highest BCUT2D eigenvalue weighted by molar-refractivity contribution is 7.71. The first-order valence-corrected chi connectivity index (χ1v) is 8.38. The number of aromatic nitrogens is 3. The maximum absolute atomic E-state index is 12.4. The van der Waals surface area contributed by atoms with Gasteiger partial charge in [0.25, 0.3) is 0 Å². The minimum atomic E-state index is -0.204. The lowest BCUT2D eigenvalue weighted by atomic mass is 10.3. The summed E-state index contributed by atoms with van der Waals surface area (Å²) in [6.07, 6.45) is 0. The van der Waals surface area contributed by atoms with Crippen LogP contribution in [0.2, 0.25) is 0 Å². The fourth-order valence-corrected chi connectivity index (χ4v) is 3.30. The lowest BCUT2D eigenvalue weighted by molar-refractivity contribution is -0.116. The van der Waals surface area contributed by atoms with Gasteiger partial charge in [-0.2, -0.15) is 5.10 Å². The summed E-state index contributed by atoms with van der Waals surface area (Å²) in [7, 11) is 0. The van der Waals surface area contributed by atoms with Gasteiger partial charge < -0.3 is 14.8 Å². The summed E-state index contributed by atoms with van der Waals surface area (Å²) in [4.78, 5) is 13.3. The normalized spacial score (nSPS) is 12.3. The molecule has 2 N–H and O–H groups in total. The van der Waals surface area contributed by atoms with Crippen LogP contribution >= 0.6 is 23.6 Å². The molecule has 24 heavy (non-hydrogen) atoms. The van der Waals surface area contributed by atoms with Crippen LogP contribution in [0, 0.1) is 4.77 Å². The first-order valence-electron chi connectivity index (χ1n) is 7.09. The Labute approximate surface area is 145 Å². The van der Waals surface area contributed by atoms with Gasteiger partial charge in [-0.25, -0.2) is 0 Å². The monoisotopic (exact) mass is 360 g/mol. The van der Waals surface area contributed by atoms with Crippen molar-refractivity contribution in [2.45, 2.75) is 6.54 Å². The molecule has 4 rings (SSSR count). The molecule has 3 heterocycles. The summed E-state index contributed by atoms with van der Waals surface area (Å²) in [5.74, 6) is 1.73. The Morgan fingerprint density at radius 3 is 3.08 bits per heavy atom. The third kappa shape index (κ3) is 2.79. The van der Waals surface area contributed by atoms with Crippen molar-refractivity contribution in [3.63, 3.8) is 0 Å². The number of H-pyrrole nitrogens is 1. The lowest BCUT2D eigenvalue weighted by Gasteiger charge is -2.08. The van der Waals surface area contributed by atoms with Gasteiger partial charge in [-0.05, 0) is 35.8 Å². The van der Waals surface area contributed by atoms with Crippen molar-refractivity contribution in [3.05, 3.63) is 40.5 Å². The topological polar surface area (TPSA) is 81.2 Å². The number of hydrogen-bond acceptors (Lipinski definition) is 6. The molecular formula is C15H12N4O3S2. The van der Waals surface area contributed by atoms with Gasteiger partial charge in [0.05, 0.1) is 4.88 Å². The largest absolute Gasteiger partial charge is 0.454 e. The summed E-state index contributed by atoms with van der Waals surface area (Å²) in [6.45, 7) is 0.262. The van der Waals surface area contributed by atoms with Gasteiger partial charge in [-0.1, -0.05) is 6.07 Å². The van der Waals surface area contributed by atoms with Crippen molar-refractivity contribution in [2.24, 2.45) is 0 Å². The highest BCUT2D eigenvalue weighted by Crippen LogP contribution is 2.34. The molecule has 0 bridgehead atoms. The van der Waals surface area contributed by atoms with Crippen LogP contribution in [-0.4, -0.2) is 27.5 Å². The van der Waals surface area contributed by atoms with Gasteiger partial charge in [0.1, 0.15) is 6.54 Å². The number of benzene rings is 1. The third-order valence-corrected chi connectivity index (χ3v) is 4.64. The van der Waals surface area contributed by atoms with Crippen LogP contribution in [0.1, 0.15) is 0 Å². The fourth-order valence-electron chi connectivity index (χ4n) is 2.38. The molecule has 0 radical (unpaired) electrons. The maximum atomic E-state index is 12.4. The van der Waals surface area contributed by atoms with E-state index in [4.69, 9.17) is 21.7 Å². The van der Waals surface area contributed by atoms with E-state index in [2.05, 4.69) is 15.5 Å². The summed E-state index contributed by atoms with van der Waals surface area (Å²) in [5, 5.41) is 11.7. The molecule has 0 fully saturated rings. The molecule has 3 aromatic rings. The van der Waals surface area contributed by atoms with E-state index in [9.17, 15) is 4.79 Å². The van der Waals surface area contributed by atoms with Crippen LogP contribution in [0.3, 0.4) is 0 Å². The van der Waals surface area contributed by atoms with Crippen molar-refractivity contribution in [1.82, 2.24) is 14.8 Å². The molecule has 7 nitrogen and oxygen atoms in total. The second-order valence-electron chi connectivity index (χ2n) is 5.03. The first kappa shape index (κ1) is 14.9. The number of hydrogen-bond donors (Lipinski definition) is 2. The summed E-state index contributed by atoms with van der Waals surface area (Å²) in [6, 6.07) is 9.12.